The molecular weight excluding hydrogens is 534 g/mol. The minimum Gasteiger partial charge on any atom is -0.466 e. The Morgan fingerprint density at radius 3 is 2.38 bits per heavy atom. The second-order valence-corrected chi connectivity index (χ2v) is 11.3. The Morgan fingerprint density at radius 2 is 1.79 bits per heavy atom. The van der Waals surface area contributed by atoms with Crippen LogP contribution in [0, 0.1) is 0 Å². The highest BCUT2D eigenvalue weighted by Gasteiger charge is 2.42. The lowest BCUT2D eigenvalue weighted by atomic mass is 9.87. The topological polar surface area (TPSA) is 114 Å². The average Bonchev–Trinajstić information content (AvgIpc) is 2.91. The highest BCUT2D eigenvalue weighted by atomic mass is 16.6. The molecule has 0 heterocycles. The quantitative estimate of drug-likeness (QED) is 0.326. The Kier molecular flexibility index (Phi) is 11.7. The van der Waals surface area contributed by atoms with Crippen LogP contribution in [0.4, 0.5) is 4.79 Å². The standard InChI is InChI=1S/C33H43N3O6/c1-6-23-15-11-16-25(21-23)29(30(38)34-20-19-28(37)41-7-2)36(26-17-12-18-26)31(39)27(22-24-13-9-8-10-14-24)35-32(40)42-33(3,4)5/h6,8-11,13-16,21,26-27,29H,1,7,12,17-20,22H2,2-5H3,(H,34,38)(H,35,40). The molecule has 2 unspecified atom stereocenters. The van der Waals surface area contributed by atoms with Crippen molar-refractivity contribution in [2.45, 2.75) is 83.5 Å². The molecule has 1 fully saturated rings. The van der Waals surface area contributed by atoms with Crippen LogP contribution >= 0.6 is 0 Å². The van der Waals surface area contributed by atoms with E-state index in [2.05, 4.69) is 17.2 Å². The first-order chi connectivity index (χ1) is 20.0. The predicted molar refractivity (Wildman–Crippen MR) is 161 cm³/mol. The van der Waals surface area contributed by atoms with Crippen molar-refractivity contribution in [3.63, 3.8) is 0 Å². The number of carbonyl (C=O) groups is 4. The molecule has 42 heavy (non-hydrogen) atoms. The number of amides is 3. The molecule has 3 rings (SSSR count). The van der Waals surface area contributed by atoms with Crippen LogP contribution in [-0.4, -0.2) is 59.6 Å². The summed E-state index contributed by atoms with van der Waals surface area (Å²) in [4.78, 5) is 54.8. The third-order valence-electron chi connectivity index (χ3n) is 6.92. The second kappa shape index (κ2) is 15.2. The normalized spacial score (nSPS) is 14.5. The van der Waals surface area contributed by atoms with Crippen molar-refractivity contribution in [1.82, 2.24) is 15.5 Å². The summed E-state index contributed by atoms with van der Waals surface area (Å²) < 4.78 is 10.5. The molecule has 2 aromatic rings. The lowest BCUT2D eigenvalue weighted by Crippen LogP contribution is -2.58. The maximum Gasteiger partial charge on any atom is 0.408 e. The fourth-order valence-electron chi connectivity index (χ4n) is 4.77. The van der Waals surface area contributed by atoms with E-state index >= 15 is 0 Å². The molecule has 0 radical (unpaired) electrons. The molecule has 2 aromatic carbocycles. The summed E-state index contributed by atoms with van der Waals surface area (Å²) in [6.45, 7) is 11.1. The van der Waals surface area contributed by atoms with Gasteiger partial charge in [-0.3, -0.25) is 14.4 Å². The number of nitrogens with zero attached hydrogens (tertiary/aromatic N) is 1. The van der Waals surface area contributed by atoms with Gasteiger partial charge in [0.05, 0.1) is 13.0 Å². The maximum absolute atomic E-state index is 14.5. The first-order valence-corrected chi connectivity index (χ1v) is 14.5. The molecule has 2 N–H and O–H groups in total. The van der Waals surface area contributed by atoms with Crippen molar-refractivity contribution < 1.29 is 28.7 Å². The number of hydrogen-bond donors (Lipinski definition) is 2. The van der Waals surface area contributed by atoms with Crippen LogP contribution in [0.1, 0.15) is 76.1 Å². The minimum atomic E-state index is -0.997. The summed E-state index contributed by atoms with van der Waals surface area (Å²) in [6.07, 6.45) is 3.56. The van der Waals surface area contributed by atoms with E-state index in [-0.39, 0.29) is 37.9 Å². The summed E-state index contributed by atoms with van der Waals surface area (Å²) in [7, 11) is 0. The lowest BCUT2D eigenvalue weighted by molar-refractivity contribution is -0.148. The Balaban J connectivity index is 2.00. The first-order valence-electron chi connectivity index (χ1n) is 14.5. The van der Waals surface area contributed by atoms with Gasteiger partial charge in [-0.25, -0.2) is 4.79 Å². The number of benzene rings is 2. The fourth-order valence-corrected chi connectivity index (χ4v) is 4.77. The zero-order valence-corrected chi connectivity index (χ0v) is 25.1. The number of nitrogens with one attached hydrogen (secondary N) is 2. The van der Waals surface area contributed by atoms with Gasteiger partial charge in [-0.1, -0.05) is 61.2 Å². The van der Waals surface area contributed by atoms with Crippen LogP contribution in [0.25, 0.3) is 6.08 Å². The first kappa shape index (κ1) is 32.4. The highest BCUT2D eigenvalue weighted by Crippen LogP contribution is 2.34. The molecule has 9 nitrogen and oxygen atoms in total. The van der Waals surface area contributed by atoms with E-state index in [0.717, 1.165) is 30.4 Å². The van der Waals surface area contributed by atoms with E-state index in [4.69, 9.17) is 9.47 Å². The molecule has 9 heteroatoms. The molecule has 0 spiro atoms. The maximum atomic E-state index is 14.5. The average molecular weight is 578 g/mol. The number of carbonyl (C=O) groups excluding carboxylic acids is 4. The van der Waals surface area contributed by atoms with Crippen LogP contribution in [0.5, 0.6) is 0 Å². The van der Waals surface area contributed by atoms with Gasteiger partial charge in [0.25, 0.3) is 0 Å². The van der Waals surface area contributed by atoms with E-state index in [1.165, 1.54) is 0 Å². The van der Waals surface area contributed by atoms with Gasteiger partial charge in [0.2, 0.25) is 11.8 Å². The molecule has 1 aliphatic carbocycles. The smallest absolute Gasteiger partial charge is 0.408 e. The van der Waals surface area contributed by atoms with Gasteiger partial charge in [-0.05, 0) is 69.7 Å². The van der Waals surface area contributed by atoms with Gasteiger partial charge in [0.1, 0.15) is 17.7 Å². The van der Waals surface area contributed by atoms with Crippen molar-refractivity contribution >= 4 is 30.0 Å². The van der Waals surface area contributed by atoms with Crippen LogP contribution in [0.3, 0.4) is 0 Å². The third kappa shape index (κ3) is 9.46. The lowest BCUT2D eigenvalue weighted by Gasteiger charge is -2.43. The fraction of sp³-hybridized carbons (Fsp3) is 0.455. The van der Waals surface area contributed by atoms with Crippen LogP contribution in [-0.2, 0) is 30.3 Å². The predicted octanol–water partition coefficient (Wildman–Crippen LogP) is 4.96. The Labute approximate surface area is 248 Å². The molecule has 226 valence electrons. The Morgan fingerprint density at radius 1 is 1.07 bits per heavy atom. The minimum absolute atomic E-state index is 0.00715. The zero-order chi connectivity index (χ0) is 30.7. The molecule has 0 bridgehead atoms. The number of rotatable bonds is 13. The van der Waals surface area contributed by atoms with Crippen LogP contribution in [0.15, 0.2) is 61.2 Å². The van der Waals surface area contributed by atoms with Crippen molar-refractivity contribution in [3.8, 4) is 0 Å². The van der Waals surface area contributed by atoms with Crippen molar-refractivity contribution in [3.05, 3.63) is 77.9 Å². The van der Waals surface area contributed by atoms with Gasteiger partial charge < -0.3 is 25.0 Å². The number of esters is 1. The van der Waals surface area contributed by atoms with Gasteiger partial charge in [-0.2, -0.15) is 0 Å². The van der Waals surface area contributed by atoms with Gasteiger partial charge in [0, 0.05) is 19.0 Å². The molecule has 1 saturated carbocycles. The van der Waals surface area contributed by atoms with Crippen LogP contribution < -0.4 is 10.6 Å². The molecular formula is C33H43N3O6. The second-order valence-electron chi connectivity index (χ2n) is 11.3. The van der Waals surface area contributed by atoms with E-state index in [0.29, 0.717) is 5.56 Å². The molecule has 2 atom stereocenters. The Hall–Kier alpha value is -4.14. The van der Waals surface area contributed by atoms with E-state index < -0.39 is 35.7 Å². The van der Waals surface area contributed by atoms with E-state index in [1.807, 2.05) is 48.5 Å². The monoisotopic (exact) mass is 577 g/mol. The van der Waals surface area contributed by atoms with E-state index in [1.54, 1.807) is 44.7 Å². The number of alkyl carbamates (subject to hydrolysis) is 1. The molecule has 3 amide bonds. The van der Waals surface area contributed by atoms with Gasteiger partial charge in [-0.15, -0.1) is 0 Å². The van der Waals surface area contributed by atoms with Crippen molar-refractivity contribution in [1.29, 1.82) is 0 Å². The zero-order valence-electron chi connectivity index (χ0n) is 25.1. The Bertz CT molecular complexity index is 1240. The summed E-state index contributed by atoms with van der Waals surface area (Å²) in [5.74, 6) is -1.22. The molecule has 1 aliphatic rings. The molecule has 0 aliphatic heterocycles. The van der Waals surface area contributed by atoms with Crippen LogP contribution in [0.2, 0.25) is 0 Å². The molecule has 0 saturated heterocycles. The SMILES string of the molecule is C=Cc1cccc(C(C(=O)NCCC(=O)OCC)N(C(=O)C(Cc2ccccc2)NC(=O)OC(C)(C)C)C2CCC2)c1. The van der Waals surface area contributed by atoms with E-state index in [9.17, 15) is 19.2 Å². The summed E-state index contributed by atoms with van der Waals surface area (Å²) >= 11 is 0. The largest absolute Gasteiger partial charge is 0.466 e. The summed E-state index contributed by atoms with van der Waals surface area (Å²) in [5.41, 5.74) is 1.50. The van der Waals surface area contributed by atoms with Crippen molar-refractivity contribution in [2.24, 2.45) is 0 Å². The number of ether oxygens (including phenoxy) is 2. The van der Waals surface area contributed by atoms with Gasteiger partial charge in [0.15, 0.2) is 0 Å². The highest BCUT2D eigenvalue weighted by molar-refractivity contribution is 5.93. The summed E-state index contributed by atoms with van der Waals surface area (Å²) in [5, 5.41) is 5.62. The third-order valence-corrected chi connectivity index (χ3v) is 6.92. The number of hydrogen-bond acceptors (Lipinski definition) is 6. The molecule has 0 aromatic heterocycles. The summed E-state index contributed by atoms with van der Waals surface area (Å²) in [6, 6.07) is 14.5. The van der Waals surface area contributed by atoms with Crippen molar-refractivity contribution in [2.75, 3.05) is 13.2 Å². The van der Waals surface area contributed by atoms with Gasteiger partial charge >= 0.3 is 12.1 Å².